The van der Waals surface area contributed by atoms with Gasteiger partial charge in [0.2, 0.25) is 0 Å². The van der Waals surface area contributed by atoms with Crippen molar-refractivity contribution in [3.05, 3.63) is 0 Å². The molecule has 1 nitrogen and oxygen atoms in total. The first-order chi connectivity index (χ1) is 3.41. The van der Waals surface area contributed by atoms with Crippen LogP contribution in [0.4, 0.5) is 0 Å². The molecule has 62 valence electrons. The molecule has 0 unspecified atom stereocenters. The average Bonchev–Trinajstić information content (AvgIpc) is 1.78. The molecule has 0 spiro atoms. The maximum atomic E-state index is 8.81. The fourth-order valence-electron chi connectivity index (χ4n) is 0. The van der Waals surface area contributed by atoms with Gasteiger partial charge in [0.25, 0.3) is 0 Å². The topological polar surface area (TPSA) is 17.1 Å². The Morgan fingerprint density at radius 1 is 0.889 bits per heavy atom. The summed E-state index contributed by atoms with van der Waals surface area (Å²) in [4.78, 5) is 8.81. The maximum Gasteiger partial charge on any atom is 0.116 e. The molecule has 9 heavy (non-hydrogen) atoms. The van der Waals surface area contributed by atoms with E-state index in [0.29, 0.717) is 0 Å². The molecule has 0 aliphatic heterocycles. The minimum absolute atomic E-state index is 0. The standard InChI is InChI=1S/C2H4O.2C2H6.2Ar/c1-2-3;2*1-2;;/h2H,1H3;2*1-2H3;;. The van der Waals surface area contributed by atoms with E-state index in [0.717, 1.165) is 6.29 Å². The molecule has 3 heteroatoms. The summed E-state index contributed by atoms with van der Waals surface area (Å²) >= 11 is 0. The first-order valence-electron chi connectivity index (χ1n) is 2.81. The van der Waals surface area contributed by atoms with Crippen molar-refractivity contribution in [3.63, 3.8) is 0 Å². The van der Waals surface area contributed by atoms with Gasteiger partial charge in [0.05, 0.1) is 0 Å². The molecule has 0 saturated carbocycles. The third-order valence-corrected chi connectivity index (χ3v) is 0. The minimum atomic E-state index is 0. The summed E-state index contributed by atoms with van der Waals surface area (Å²) in [7, 11) is 0. The van der Waals surface area contributed by atoms with Gasteiger partial charge in [-0.05, 0) is 6.92 Å². The predicted octanol–water partition coefficient (Wildman–Crippen LogP) is 2.26. The Morgan fingerprint density at radius 3 is 0.889 bits per heavy atom. The van der Waals surface area contributed by atoms with Gasteiger partial charge < -0.3 is 4.79 Å². The predicted molar refractivity (Wildman–Crippen MR) is 34.4 cm³/mol. The van der Waals surface area contributed by atoms with Gasteiger partial charge in [-0.2, -0.15) is 0 Å². The van der Waals surface area contributed by atoms with E-state index in [2.05, 4.69) is 0 Å². The van der Waals surface area contributed by atoms with Gasteiger partial charge >= 0.3 is 0 Å². The second-order valence-corrected chi connectivity index (χ2v) is 0.236. The number of rotatable bonds is 0. The van der Waals surface area contributed by atoms with Gasteiger partial charge in [0, 0.05) is 75.5 Å². The van der Waals surface area contributed by atoms with Crippen LogP contribution in [0.2, 0.25) is 0 Å². The van der Waals surface area contributed by atoms with Gasteiger partial charge in [0.1, 0.15) is 6.29 Å². The van der Waals surface area contributed by atoms with Crippen molar-refractivity contribution in [2.75, 3.05) is 0 Å². The van der Waals surface area contributed by atoms with Crippen LogP contribution in [0.5, 0.6) is 0 Å². The summed E-state index contributed by atoms with van der Waals surface area (Å²) in [6.07, 6.45) is 0.750. The normalized spacial score (nSPS) is 2.78. The summed E-state index contributed by atoms with van der Waals surface area (Å²) in [5.74, 6) is 0. The number of aldehydes is 1. The second-order valence-electron chi connectivity index (χ2n) is 0.236. The van der Waals surface area contributed by atoms with Crippen LogP contribution in [0.25, 0.3) is 0 Å². The third kappa shape index (κ3) is 143. The molecule has 0 amide bonds. The van der Waals surface area contributed by atoms with Crippen LogP contribution in [0.3, 0.4) is 0 Å². The minimum Gasteiger partial charge on any atom is -0.304 e. The smallest absolute Gasteiger partial charge is 0.116 e. The Hall–Kier alpha value is 2.19. The third-order valence-electron chi connectivity index (χ3n) is 0. The van der Waals surface area contributed by atoms with Crippen LogP contribution < -0.4 is 0 Å². The van der Waals surface area contributed by atoms with Crippen LogP contribution in [0.1, 0.15) is 34.6 Å². The van der Waals surface area contributed by atoms with E-state index in [1.54, 1.807) is 0 Å². The fourth-order valence-corrected chi connectivity index (χ4v) is 0. The van der Waals surface area contributed by atoms with Crippen molar-refractivity contribution in [3.8, 4) is 0 Å². The first kappa shape index (κ1) is 30.3. The molecule has 0 aromatic carbocycles. The molecule has 0 aliphatic rings. The first-order valence-corrected chi connectivity index (χ1v) is 2.81. The number of carbonyl (C=O) groups is 1. The fraction of sp³-hybridized carbons (Fsp3) is 0.833. The molecule has 0 rings (SSSR count). The molecule has 0 heterocycles. The molecule has 0 atom stereocenters. The van der Waals surface area contributed by atoms with Gasteiger partial charge in [-0.3, -0.25) is 0 Å². The van der Waals surface area contributed by atoms with Crippen LogP contribution in [-0.2, 0) is 4.79 Å². The monoisotopic (exact) mass is 184 g/mol. The van der Waals surface area contributed by atoms with Gasteiger partial charge in [-0.25, -0.2) is 0 Å². The van der Waals surface area contributed by atoms with Crippen LogP contribution in [0.15, 0.2) is 0 Å². The van der Waals surface area contributed by atoms with Crippen molar-refractivity contribution in [2.45, 2.75) is 34.6 Å². The summed E-state index contributed by atoms with van der Waals surface area (Å²) in [6, 6.07) is 0. The van der Waals surface area contributed by atoms with Gasteiger partial charge in [0.15, 0.2) is 0 Å². The van der Waals surface area contributed by atoms with Crippen molar-refractivity contribution in [1.82, 2.24) is 0 Å². The zero-order chi connectivity index (χ0) is 6.71. The Balaban J connectivity index is -0.00000000825. The van der Waals surface area contributed by atoms with Crippen LogP contribution in [-0.4, -0.2) is 6.29 Å². The Labute approximate surface area is 119 Å². The van der Waals surface area contributed by atoms with E-state index in [4.69, 9.17) is 4.79 Å². The van der Waals surface area contributed by atoms with Crippen LogP contribution in [0, 0.1) is 75.5 Å². The number of hydrogen-bond acceptors (Lipinski definition) is 1. The molecule has 0 fully saturated rings. The Bertz CT molecular complexity index is 18.5. The van der Waals surface area contributed by atoms with Crippen molar-refractivity contribution < 1.29 is 80.3 Å². The SMILES string of the molecule is CC.CC.CC=O.[Ar].[Ar]. The molecule has 0 radical (unpaired) electrons. The molecule has 0 bridgehead atoms. The number of hydrogen-bond donors (Lipinski definition) is 0. The van der Waals surface area contributed by atoms with Gasteiger partial charge in [-0.15, -0.1) is 0 Å². The van der Waals surface area contributed by atoms with Gasteiger partial charge in [-0.1, -0.05) is 27.7 Å². The van der Waals surface area contributed by atoms with E-state index >= 15 is 0 Å². The van der Waals surface area contributed by atoms with Crippen molar-refractivity contribution >= 4 is 6.29 Å². The quantitative estimate of drug-likeness (QED) is 0.527. The second kappa shape index (κ2) is 84.6. The summed E-state index contributed by atoms with van der Waals surface area (Å²) in [5, 5.41) is 0. The van der Waals surface area contributed by atoms with Crippen molar-refractivity contribution in [1.29, 1.82) is 0 Å². The van der Waals surface area contributed by atoms with E-state index in [1.165, 1.54) is 6.92 Å². The maximum absolute atomic E-state index is 8.81. The van der Waals surface area contributed by atoms with E-state index in [-0.39, 0.29) is 75.5 Å². The molecule has 0 aliphatic carbocycles. The van der Waals surface area contributed by atoms with E-state index < -0.39 is 0 Å². The molecular formula is C6H16Ar2O. The summed E-state index contributed by atoms with van der Waals surface area (Å²) in [5.41, 5.74) is 0. The summed E-state index contributed by atoms with van der Waals surface area (Å²) in [6.45, 7) is 9.44. The Morgan fingerprint density at radius 2 is 0.889 bits per heavy atom. The van der Waals surface area contributed by atoms with E-state index in [1.807, 2.05) is 27.7 Å². The molecule has 0 N–H and O–H groups in total. The largest absolute Gasteiger partial charge is 0.304 e. The zero-order valence-corrected chi connectivity index (χ0v) is 8.11. The Kier molecular flexibility index (Phi) is 285. The zero-order valence-electron chi connectivity index (χ0n) is 6.69. The molecule has 0 aromatic rings. The number of carbonyl (C=O) groups excluding carboxylic acids is 1. The average molecular weight is 184 g/mol. The molecule has 0 aromatic heterocycles. The molecule has 0 saturated heterocycles. The van der Waals surface area contributed by atoms with E-state index in [9.17, 15) is 0 Å². The summed E-state index contributed by atoms with van der Waals surface area (Å²) < 4.78 is 0. The van der Waals surface area contributed by atoms with Crippen molar-refractivity contribution in [2.24, 2.45) is 0 Å². The van der Waals surface area contributed by atoms with Crippen LogP contribution >= 0.6 is 0 Å². The molecular weight excluding hydrogens is 168 g/mol.